The molecule has 18 heavy (non-hydrogen) atoms. The Bertz CT molecular complexity index is 482. The molecule has 0 unspecified atom stereocenters. The first kappa shape index (κ1) is 12.9. The van der Waals surface area contributed by atoms with Gasteiger partial charge in [0.2, 0.25) is 0 Å². The average molecular weight is 261 g/mol. The van der Waals surface area contributed by atoms with Crippen LogP contribution in [-0.4, -0.2) is 23.3 Å². The van der Waals surface area contributed by atoms with Crippen LogP contribution < -0.4 is 4.90 Å². The molecule has 3 rings (SSSR count). The van der Waals surface area contributed by atoms with Gasteiger partial charge in [-0.25, -0.2) is 4.90 Å². The smallest absolute Gasteiger partial charge is 0.262 e. The molecule has 0 saturated heterocycles. The van der Waals surface area contributed by atoms with Gasteiger partial charge in [0.25, 0.3) is 11.8 Å². The van der Waals surface area contributed by atoms with Gasteiger partial charge in [0, 0.05) is 22.7 Å². The van der Waals surface area contributed by atoms with Gasteiger partial charge in [-0.3, -0.25) is 9.59 Å². The number of rotatable bonds is 1. The normalized spacial score (nSPS) is 17.8. The highest BCUT2D eigenvalue weighted by Crippen LogP contribution is 2.35. The Labute approximate surface area is 111 Å². The summed E-state index contributed by atoms with van der Waals surface area (Å²) in [6.07, 6.45) is 0. The van der Waals surface area contributed by atoms with Gasteiger partial charge < -0.3 is 0 Å². The van der Waals surface area contributed by atoms with Crippen molar-refractivity contribution in [1.29, 1.82) is 0 Å². The number of carbonyl (C=O) groups is 2. The standard InChI is InChI=1S/C12H9NO2S.C2H6/c14-11-9-6-16-7-10(9)12(15)13(11)8-4-2-1-3-5-8;1-2/h1-5H,6-7H2;1-2H3. The third-order valence-corrected chi connectivity index (χ3v) is 3.78. The van der Waals surface area contributed by atoms with Gasteiger partial charge >= 0.3 is 0 Å². The fraction of sp³-hybridized carbons (Fsp3) is 0.286. The van der Waals surface area contributed by atoms with Crippen molar-refractivity contribution >= 4 is 29.3 Å². The lowest BCUT2D eigenvalue weighted by Crippen LogP contribution is -2.32. The van der Waals surface area contributed by atoms with Crippen molar-refractivity contribution in [3.63, 3.8) is 0 Å². The second-order valence-electron chi connectivity index (χ2n) is 3.73. The van der Waals surface area contributed by atoms with E-state index in [0.717, 1.165) is 0 Å². The third kappa shape index (κ3) is 1.97. The highest BCUT2D eigenvalue weighted by atomic mass is 32.2. The van der Waals surface area contributed by atoms with Crippen LogP contribution in [0.3, 0.4) is 0 Å². The summed E-state index contributed by atoms with van der Waals surface area (Å²) in [6, 6.07) is 9.09. The Morgan fingerprint density at radius 1 is 0.944 bits per heavy atom. The zero-order chi connectivity index (χ0) is 13.1. The molecule has 4 heteroatoms. The minimum absolute atomic E-state index is 0.142. The molecule has 0 radical (unpaired) electrons. The van der Waals surface area contributed by atoms with E-state index >= 15 is 0 Å². The molecule has 1 aromatic rings. The van der Waals surface area contributed by atoms with E-state index in [1.165, 1.54) is 4.90 Å². The zero-order valence-electron chi connectivity index (χ0n) is 10.5. The number of hydrogen-bond acceptors (Lipinski definition) is 3. The maximum Gasteiger partial charge on any atom is 0.262 e. The molecule has 2 amide bonds. The van der Waals surface area contributed by atoms with Gasteiger partial charge in [-0.15, -0.1) is 0 Å². The average Bonchev–Trinajstić information content (AvgIpc) is 2.98. The van der Waals surface area contributed by atoms with Gasteiger partial charge in [0.1, 0.15) is 0 Å². The lowest BCUT2D eigenvalue weighted by molar-refractivity contribution is -0.120. The van der Waals surface area contributed by atoms with E-state index in [1.807, 2.05) is 32.0 Å². The van der Waals surface area contributed by atoms with E-state index in [-0.39, 0.29) is 11.8 Å². The van der Waals surface area contributed by atoms with Crippen molar-refractivity contribution in [3.05, 3.63) is 41.5 Å². The fourth-order valence-electron chi connectivity index (χ4n) is 1.98. The number of carbonyl (C=O) groups excluding carboxylic acids is 2. The second kappa shape index (κ2) is 5.40. The molecule has 0 spiro atoms. The largest absolute Gasteiger partial charge is 0.269 e. The minimum atomic E-state index is -0.142. The van der Waals surface area contributed by atoms with E-state index in [9.17, 15) is 9.59 Å². The summed E-state index contributed by atoms with van der Waals surface area (Å²) in [5.74, 6) is 1.05. The lowest BCUT2D eigenvalue weighted by Gasteiger charge is -2.15. The number of hydrogen-bond donors (Lipinski definition) is 0. The highest BCUT2D eigenvalue weighted by Gasteiger charge is 2.41. The van der Waals surface area contributed by atoms with E-state index in [2.05, 4.69) is 0 Å². The second-order valence-corrected chi connectivity index (χ2v) is 4.72. The molecule has 2 heterocycles. The van der Waals surface area contributed by atoms with Crippen LogP contribution in [-0.2, 0) is 9.59 Å². The molecule has 3 nitrogen and oxygen atoms in total. The van der Waals surface area contributed by atoms with Crippen molar-refractivity contribution in [3.8, 4) is 0 Å². The summed E-state index contributed by atoms with van der Waals surface area (Å²) in [7, 11) is 0. The summed E-state index contributed by atoms with van der Waals surface area (Å²) >= 11 is 1.63. The first-order chi connectivity index (χ1) is 8.79. The summed E-state index contributed by atoms with van der Waals surface area (Å²) in [5.41, 5.74) is 2.05. The summed E-state index contributed by atoms with van der Waals surface area (Å²) in [5, 5.41) is 0. The maximum absolute atomic E-state index is 12.0. The first-order valence-electron chi connectivity index (χ1n) is 6.02. The molecule has 0 fully saturated rings. The van der Waals surface area contributed by atoms with Crippen LogP contribution >= 0.6 is 11.8 Å². The van der Waals surface area contributed by atoms with Gasteiger partial charge in [-0.1, -0.05) is 32.0 Å². The number of benzene rings is 1. The molecule has 2 aliphatic rings. The SMILES string of the molecule is CC.O=C1C2=C(CSC2)C(=O)N1c1ccccc1. The Morgan fingerprint density at radius 2 is 1.44 bits per heavy atom. The van der Waals surface area contributed by atoms with Crippen LogP contribution in [0.4, 0.5) is 5.69 Å². The Hall–Kier alpha value is -1.55. The quantitative estimate of drug-likeness (QED) is 0.729. The molecule has 0 atom stereocenters. The maximum atomic E-state index is 12.0. The van der Waals surface area contributed by atoms with Gasteiger partial charge in [-0.2, -0.15) is 11.8 Å². The zero-order valence-corrected chi connectivity index (χ0v) is 11.3. The molecular weight excluding hydrogens is 246 g/mol. The Morgan fingerprint density at radius 3 is 1.94 bits per heavy atom. The van der Waals surface area contributed by atoms with Crippen molar-refractivity contribution in [2.45, 2.75) is 13.8 Å². The number of thioether (sulfide) groups is 1. The van der Waals surface area contributed by atoms with Gasteiger partial charge in [0.15, 0.2) is 0 Å². The van der Waals surface area contributed by atoms with Gasteiger partial charge in [-0.05, 0) is 12.1 Å². The van der Waals surface area contributed by atoms with Crippen LogP contribution in [0.25, 0.3) is 0 Å². The fourth-order valence-corrected chi connectivity index (χ4v) is 3.09. The van der Waals surface area contributed by atoms with Crippen LogP contribution in [0.15, 0.2) is 41.5 Å². The molecule has 0 aliphatic carbocycles. The lowest BCUT2D eigenvalue weighted by atomic mass is 10.2. The predicted octanol–water partition coefficient (Wildman–Crippen LogP) is 2.63. The molecule has 0 N–H and O–H groups in total. The number of amides is 2. The predicted molar refractivity (Wildman–Crippen MR) is 74.6 cm³/mol. The number of anilines is 1. The number of para-hydroxylation sites is 1. The summed E-state index contributed by atoms with van der Waals surface area (Å²) in [6.45, 7) is 4.00. The number of imide groups is 1. The van der Waals surface area contributed by atoms with E-state index in [0.29, 0.717) is 28.3 Å². The summed E-state index contributed by atoms with van der Waals surface area (Å²) in [4.78, 5) is 25.3. The molecular formula is C14H15NO2S. The molecule has 0 aromatic heterocycles. The van der Waals surface area contributed by atoms with Crippen LogP contribution in [0, 0.1) is 0 Å². The van der Waals surface area contributed by atoms with Crippen LogP contribution in [0.1, 0.15) is 13.8 Å². The van der Waals surface area contributed by atoms with E-state index in [4.69, 9.17) is 0 Å². The third-order valence-electron chi connectivity index (χ3n) is 2.79. The first-order valence-corrected chi connectivity index (χ1v) is 7.18. The van der Waals surface area contributed by atoms with Crippen molar-refractivity contribution < 1.29 is 9.59 Å². The summed E-state index contributed by atoms with van der Waals surface area (Å²) < 4.78 is 0. The van der Waals surface area contributed by atoms with E-state index in [1.54, 1.807) is 23.9 Å². The van der Waals surface area contributed by atoms with Crippen molar-refractivity contribution in [2.75, 3.05) is 16.4 Å². The van der Waals surface area contributed by atoms with Crippen LogP contribution in [0.5, 0.6) is 0 Å². The van der Waals surface area contributed by atoms with Crippen molar-refractivity contribution in [1.82, 2.24) is 0 Å². The Kier molecular flexibility index (Phi) is 3.87. The Balaban J connectivity index is 0.000000574. The minimum Gasteiger partial charge on any atom is -0.269 e. The monoisotopic (exact) mass is 261 g/mol. The van der Waals surface area contributed by atoms with E-state index < -0.39 is 0 Å². The molecule has 2 aliphatic heterocycles. The van der Waals surface area contributed by atoms with Gasteiger partial charge in [0.05, 0.1) is 5.69 Å². The van der Waals surface area contributed by atoms with Crippen LogP contribution in [0.2, 0.25) is 0 Å². The topological polar surface area (TPSA) is 37.4 Å². The molecule has 1 aromatic carbocycles. The van der Waals surface area contributed by atoms with Crippen molar-refractivity contribution in [2.24, 2.45) is 0 Å². The highest BCUT2D eigenvalue weighted by molar-refractivity contribution is 8.00. The molecule has 0 bridgehead atoms. The molecule has 94 valence electrons. The number of nitrogens with zero attached hydrogens (tertiary/aromatic N) is 1. The molecule has 0 saturated carbocycles.